The average Bonchev–Trinajstić information content (AvgIpc) is 3.50. The molecule has 6 heteroatoms. The summed E-state index contributed by atoms with van der Waals surface area (Å²) in [6.45, 7) is 0. The molecule has 4 nitrogen and oxygen atoms in total. The number of aryl methyl sites for hydroxylation is 1. The van der Waals surface area contributed by atoms with Crippen LogP contribution in [0.3, 0.4) is 0 Å². The lowest BCUT2D eigenvalue weighted by Gasteiger charge is -2.20. The number of hydrogen-bond donors (Lipinski definition) is 2. The van der Waals surface area contributed by atoms with Crippen molar-refractivity contribution in [3.63, 3.8) is 0 Å². The van der Waals surface area contributed by atoms with Crippen LogP contribution in [-0.4, -0.2) is 16.1 Å². The summed E-state index contributed by atoms with van der Waals surface area (Å²) in [6.07, 6.45) is 5.44. The van der Waals surface area contributed by atoms with Gasteiger partial charge in [0.25, 0.3) is 0 Å². The standard InChI is InChI=1S/C23H23N3OS2/c27-22(24-17-11-9-16(10-12-17)15-5-2-1-3-6-15)19-7-4-8-20-21(19)28-23(25-20)26-29-18-13-14-18/h1-3,5-6,9-12,18-19H,4,7-8,13-14H2,(H,24,27)(H,25,26). The summed E-state index contributed by atoms with van der Waals surface area (Å²) in [5, 5.41) is 4.79. The molecule has 1 heterocycles. The van der Waals surface area contributed by atoms with Crippen molar-refractivity contribution >= 4 is 40.0 Å². The van der Waals surface area contributed by atoms with Crippen molar-refractivity contribution in [1.82, 2.24) is 4.98 Å². The van der Waals surface area contributed by atoms with Gasteiger partial charge in [0.05, 0.1) is 11.6 Å². The molecule has 0 spiro atoms. The Kier molecular flexibility index (Phi) is 5.29. The lowest BCUT2D eigenvalue weighted by Crippen LogP contribution is -2.23. The van der Waals surface area contributed by atoms with Crippen molar-refractivity contribution in [1.29, 1.82) is 0 Å². The zero-order chi connectivity index (χ0) is 19.6. The van der Waals surface area contributed by atoms with Crippen LogP contribution >= 0.6 is 23.3 Å². The predicted octanol–water partition coefficient (Wildman–Crippen LogP) is 6.09. The number of benzene rings is 2. The van der Waals surface area contributed by atoms with E-state index in [0.29, 0.717) is 0 Å². The molecule has 2 N–H and O–H groups in total. The number of carbonyl (C=O) groups is 1. The van der Waals surface area contributed by atoms with Crippen LogP contribution in [-0.2, 0) is 11.2 Å². The van der Waals surface area contributed by atoms with E-state index in [0.717, 1.165) is 51.5 Å². The summed E-state index contributed by atoms with van der Waals surface area (Å²) in [6, 6.07) is 18.3. The van der Waals surface area contributed by atoms with Gasteiger partial charge in [-0.1, -0.05) is 42.5 Å². The van der Waals surface area contributed by atoms with Crippen LogP contribution in [0.4, 0.5) is 10.8 Å². The van der Waals surface area contributed by atoms with Crippen molar-refractivity contribution in [3.05, 3.63) is 65.2 Å². The zero-order valence-corrected chi connectivity index (χ0v) is 17.7. The summed E-state index contributed by atoms with van der Waals surface area (Å²) >= 11 is 3.42. The molecule has 2 aliphatic carbocycles. The first-order valence-electron chi connectivity index (χ1n) is 10.1. The Hall–Kier alpha value is -2.31. The highest BCUT2D eigenvalue weighted by Crippen LogP contribution is 2.41. The Balaban J connectivity index is 1.27. The lowest BCUT2D eigenvalue weighted by molar-refractivity contribution is -0.117. The Morgan fingerprint density at radius 3 is 2.52 bits per heavy atom. The second-order valence-corrected chi connectivity index (χ2v) is 9.76. The summed E-state index contributed by atoms with van der Waals surface area (Å²) in [5.74, 6) is -0.0324. The number of nitrogens with zero attached hydrogens (tertiary/aromatic N) is 1. The van der Waals surface area contributed by atoms with Crippen LogP contribution in [0.5, 0.6) is 0 Å². The molecule has 0 bridgehead atoms. The zero-order valence-electron chi connectivity index (χ0n) is 16.1. The number of anilines is 2. The van der Waals surface area contributed by atoms with E-state index in [1.807, 2.05) is 30.3 Å². The molecule has 1 atom stereocenters. The van der Waals surface area contributed by atoms with Crippen LogP contribution in [0.25, 0.3) is 11.1 Å². The van der Waals surface area contributed by atoms with Gasteiger partial charge in [-0.25, -0.2) is 4.98 Å². The van der Waals surface area contributed by atoms with E-state index in [2.05, 4.69) is 34.3 Å². The van der Waals surface area contributed by atoms with Crippen LogP contribution in [0, 0.1) is 0 Å². The van der Waals surface area contributed by atoms with Gasteiger partial charge in [-0.2, -0.15) is 0 Å². The maximum Gasteiger partial charge on any atom is 0.232 e. The third-order valence-corrected chi connectivity index (χ3v) is 7.74. The minimum absolute atomic E-state index is 0.0726. The van der Waals surface area contributed by atoms with Crippen molar-refractivity contribution in [3.8, 4) is 11.1 Å². The number of thiazole rings is 1. The fourth-order valence-corrected chi connectivity index (χ4v) is 5.63. The van der Waals surface area contributed by atoms with E-state index in [1.165, 1.54) is 18.4 Å². The van der Waals surface area contributed by atoms with Gasteiger partial charge < -0.3 is 10.0 Å². The molecule has 1 saturated carbocycles. The van der Waals surface area contributed by atoms with Crippen molar-refractivity contribution < 1.29 is 4.79 Å². The lowest BCUT2D eigenvalue weighted by atomic mass is 9.91. The predicted molar refractivity (Wildman–Crippen MR) is 123 cm³/mol. The second-order valence-electron chi connectivity index (χ2n) is 7.63. The molecule has 1 fully saturated rings. The summed E-state index contributed by atoms with van der Waals surface area (Å²) in [7, 11) is 0. The van der Waals surface area contributed by atoms with Gasteiger partial charge in [0, 0.05) is 15.8 Å². The Morgan fingerprint density at radius 1 is 1.00 bits per heavy atom. The van der Waals surface area contributed by atoms with Gasteiger partial charge in [0.15, 0.2) is 5.13 Å². The molecule has 29 heavy (non-hydrogen) atoms. The highest BCUT2D eigenvalue weighted by Gasteiger charge is 2.31. The quantitative estimate of drug-likeness (QED) is 0.473. The molecule has 5 rings (SSSR count). The molecule has 0 aliphatic heterocycles. The fourth-order valence-electron chi connectivity index (χ4n) is 3.64. The Labute approximate surface area is 179 Å². The van der Waals surface area contributed by atoms with E-state index in [9.17, 15) is 4.79 Å². The van der Waals surface area contributed by atoms with E-state index in [4.69, 9.17) is 4.98 Å². The SMILES string of the molecule is O=C(Nc1ccc(-c2ccccc2)cc1)C1CCCc2nc(NSC3CC3)sc21. The van der Waals surface area contributed by atoms with Crippen LogP contribution < -0.4 is 10.0 Å². The van der Waals surface area contributed by atoms with Gasteiger partial charge in [-0.05, 0) is 67.3 Å². The molecule has 1 aromatic heterocycles. The topological polar surface area (TPSA) is 54.0 Å². The van der Waals surface area contributed by atoms with E-state index in [-0.39, 0.29) is 11.8 Å². The number of carbonyl (C=O) groups excluding carboxylic acids is 1. The fraction of sp³-hybridized carbons (Fsp3) is 0.304. The number of hydrogen-bond acceptors (Lipinski definition) is 5. The first kappa shape index (κ1) is 18.7. The molecule has 148 valence electrons. The molecule has 0 radical (unpaired) electrons. The highest BCUT2D eigenvalue weighted by atomic mass is 32.2. The van der Waals surface area contributed by atoms with Crippen molar-refractivity contribution in [2.45, 2.75) is 43.3 Å². The maximum atomic E-state index is 13.0. The van der Waals surface area contributed by atoms with E-state index >= 15 is 0 Å². The molecule has 1 amide bonds. The van der Waals surface area contributed by atoms with E-state index in [1.54, 1.807) is 23.3 Å². The smallest absolute Gasteiger partial charge is 0.232 e. The van der Waals surface area contributed by atoms with Gasteiger partial charge in [-0.15, -0.1) is 11.3 Å². The number of nitrogens with one attached hydrogen (secondary N) is 2. The molecule has 3 aromatic rings. The molecular weight excluding hydrogens is 398 g/mol. The van der Waals surface area contributed by atoms with Crippen LogP contribution in [0.2, 0.25) is 0 Å². The third kappa shape index (κ3) is 4.33. The molecular formula is C23H23N3OS2. The number of aromatic nitrogens is 1. The van der Waals surface area contributed by atoms with Crippen molar-refractivity contribution in [2.75, 3.05) is 10.0 Å². The van der Waals surface area contributed by atoms with Crippen molar-refractivity contribution in [2.24, 2.45) is 0 Å². The minimum Gasteiger partial charge on any atom is -0.326 e. The summed E-state index contributed by atoms with van der Waals surface area (Å²) in [5.41, 5.74) is 4.26. The summed E-state index contributed by atoms with van der Waals surface area (Å²) < 4.78 is 3.39. The highest BCUT2D eigenvalue weighted by molar-refractivity contribution is 8.01. The van der Waals surface area contributed by atoms with Gasteiger partial charge in [0.1, 0.15) is 0 Å². The first-order chi connectivity index (χ1) is 14.3. The molecule has 2 aromatic carbocycles. The minimum atomic E-state index is -0.105. The second kappa shape index (κ2) is 8.20. The van der Waals surface area contributed by atoms with Crippen LogP contribution in [0.15, 0.2) is 54.6 Å². The van der Waals surface area contributed by atoms with Gasteiger partial charge in [-0.3, -0.25) is 4.79 Å². The number of rotatable bonds is 6. The first-order valence-corrected chi connectivity index (χ1v) is 11.8. The average molecular weight is 422 g/mol. The number of amides is 1. The molecule has 0 saturated heterocycles. The number of fused-ring (bicyclic) bond motifs is 1. The normalized spacial score (nSPS) is 18.1. The largest absolute Gasteiger partial charge is 0.326 e. The Morgan fingerprint density at radius 2 is 1.76 bits per heavy atom. The molecule has 1 unspecified atom stereocenters. The third-order valence-electron chi connectivity index (χ3n) is 5.36. The van der Waals surface area contributed by atoms with Crippen LogP contribution in [0.1, 0.15) is 42.2 Å². The molecule has 2 aliphatic rings. The summed E-state index contributed by atoms with van der Waals surface area (Å²) in [4.78, 5) is 18.9. The van der Waals surface area contributed by atoms with Gasteiger partial charge in [0.2, 0.25) is 5.91 Å². The maximum absolute atomic E-state index is 13.0. The monoisotopic (exact) mass is 421 g/mol. The van der Waals surface area contributed by atoms with E-state index < -0.39 is 0 Å². The van der Waals surface area contributed by atoms with Gasteiger partial charge >= 0.3 is 0 Å². The Bertz CT molecular complexity index is 997.